The van der Waals surface area contributed by atoms with E-state index in [0.29, 0.717) is 5.52 Å². The molecule has 4 heterocycles. The Hall–Kier alpha value is -2.74. The summed E-state index contributed by atoms with van der Waals surface area (Å²) >= 11 is 3.49. The number of hydrogen-bond donors (Lipinski definition) is 0. The Bertz CT molecular complexity index is 1330. The molecule has 7 nitrogen and oxygen atoms in total. The summed E-state index contributed by atoms with van der Waals surface area (Å²) in [6, 6.07) is 3.75. The number of carbonyl (C=O) groups excluding carboxylic acids is 1. The van der Waals surface area contributed by atoms with Gasteiger partial charge in [-0.3, -0.25) is 0 Å². The van der Waals surface area contributed by atoms with Crippen LogP contribution in [-0.2, 0) is 4.74 Å². The summed E-state index contributed by atoms with van der Waals surface area (Å²) in [6.07, 6.45) is 3.04. The Morgan fingerprint density at radius 1 is 1.16 bits per heavy atom. The predicted octanol–water partition coefficient (Wildman–Crippen LogP) is 6.03. The Morgan fingerprint density at radius 2 is 1.87 bits per heavy atom. The van der Waals surface area contributed by atoms with E-state index >= 15 is 0 Å². The molecular weight excluding hydrogens is 458 g/mol. The van der Waals surface area contributed by atoms with Crippen LogP contribution < -0.4 is 0 Å². The Morgan fingerprint density at radius 3 is 2.52 bits per heavy atom. The van der Waals surface area contributed by atoms with Gasteiger partial charge in [-0.15, -0.1) is 0 Å². The number of fused-ring (bicyclic) bond motifs is 2. The minimum atomic E-state index is -0.632. The molecule has 0 aliphatic heterocycles. The summed E-state index contributed by atoms with van der Waals surface area (Å²) in [5, 5.41) is 4.34. The highest BCUT2D eigenvalue weighted by atomic mass is 79.9. The van der Waals surface area contributed by atoms with E-state index in [9.17, 15) is 4.79 Å². The topological polar surface area (TPSA) is 74.3 Å². The third-order valence-electron chi connectivity index (χ3n) is 5.35. The summed E-state index contributed by atoms with van der Waals surface area (Å²) in [5.74, 6) is 0.120. The first-order chi connectivity index (χ1) is 14.5. The summed E-state index contributed by atoms with van der Waals surface area (Å²) in [6.45, 7) is 13.9. The molecule has 0 aliphatic rings. The molecule has 4 rings (SSSR count). The van der Waals surface area contributed by atoms with Crippen molar-refractivity contribution in [1.29, 1.82) is 0 Å². The van der Waals surface area contributed by atoms with Crippen LogP contribution in [-0.4, -0.2) is 35.8 Å². The summed E-state index contributed by atoms with van der Waals surface area (Å²) in [4.78, 5) is 22.6. The fraction of sp³-hybridized carbons (Fsp3) is 0.391. The molecule has 4 aromatic rings. The van der Waals surface area contributed by atoms with Crippen molar-refractivity contribution >= 4 is 38.7 Å². The van der Waals surface area contributed by atoms with Crippen LogP contribution in [0.4, 0.5) is 4.79 Å². The summed E-state index contributed by atoms with van der Waals surface area (Å²) < 4.78 is 9.93. The molecular formula is C23H26BrN5O2. The van der Waals surface area contributed by atoms with Gasteiger partial charge in [0.15, 0.2) is 5.65 Å². The third-order valence-corrected chi connectivity index (χ3v) is 5.79. The van der Waals surface area contributed by atoms with Gasteiger partial charge in [-0.1, -0.05) is 13.8 Å². The van der Waals surface area contributed by atoms with Gasteiger partial charge in [0.2, 0.25) is 0 Å². The maximum Gasteiger partial charge on any atom is 0.419 e. The fourth-order valence-electron chi connectivity index (χ4n) is 3.91. The molecule has 0 fully saturated rings. The van der Waals surface area contributed by atoms with E-state index in [0.717, 1.165) is 43.7 Å². The van der Waals surface area contributed by atoms with Gasteiger partial charge in [0.1, 0.15) is 16.5 Å². The Labute approximate surface area is 189 Å². The second-order valence-electron chi connectivity index (χ2n) is 9.06. The maximum absolute atomic E-state index is 13.5. The van der Waals surface area contributed by atoms with Crippen LogP contribution in [0.1, 0.15) is 57.2 Å². The van der Waals surface area contributed by atoms with Crippen molar-refractivity contribution in [1.82, 2.24) is 24.1 Å². The lowest BCUT2D eigenvalue weighted by atomic mass is 9.95. The molecule has 0 saturated heterocycles. The maximum atomic E-state index is 13.5. The van der Waals surface area contributed by atoms with Gasteiger partial charge >= 0.3 is 6.09 Å². The molecule has 4 aromatic heterocycles. The average molecular weight is 484 g/mol. The second kappa shape index (κ2) is 7.44. The lowest BCUT2D eigenvalue weighted by Crippen LogP contribution is -2.27. The van der Waals surface area contributed by atoms with Crippen LogP contribution in [0, 0.1) is 13.8 Å². The van der Waals surface area contributed by atoms with Crippen molar-refractivity contribution in [2.75, 3.05) is 0 Å². The molecule has 0 spiro atoms. The van der Waals surface area contributed by atoms with Gasteiger partial charge in [-0.25, -0.2) is 23.8 Å². The first-order valence-corrected chi connectivity index (χ1v) is 11.0. The SMILES string of the molecule is Cc1c(-c2c(C(C)C)c3nc(Br)ccc3n2C(=O)OC(C)(C)C)cn2ncnc2c1C. The lowest BCUT2D eigenvalue weighted by molar-refractivity contribution is 0.0547. The van der Waals surface area contributed by atoms with E-state index in [4.69, 9.17) is 9.72 Å². The van der Waals surface area contributed by atoms with Gasteiger partial charge in [-0.2, -0.15) is 5.10 Å². The Kier molecular flexibility index (Phi) is 5.16. The molecule has 31 heavy (non-hydrogen) atoms. The number of carbonyl (C=O) groups is 1. The number of hydrogen-bond acceptors (Lipinski definition) is 5. The molecule has 0 saturated carbocycles. The largest absolute Gasteiger partial charge is 0.443 e. The highest BCUT2D eigenvalue weighted by molar-refractivity contribution is 9.10. The van der Waals surface area contributed by atoms with Gasteiger partial charge in [0.05, 0.1) is 16.7 Å². The molecule has 0 atom stereocenters. The molecule has 0 aliphatic carbocycles. The lowest BCUT2D eigenvalue weighted by Gasteiger charge is -2.22. The van der Waals surface area contributed by atoms with E-state index in [1.54, 1.807) is 9.08 Å². The van der Waals surface area contributed by atoms with Crippen molar-refractivity contribution in [3.05, 3.63) is 46.0 Å². The number of aryl methyl sites for hydroxylation is 1. The number of aromatic nitrogens is 5. The van der Waals surface area contributed by atoms with E-state index in [2.05, 4.69) is 39.9 Å². The van der Waals surface area contributed by atoms with Crippen LogP contribution in [0.5, 0.6) is 0 Å². The normalized spacial score (nSPS) is 12.3. The zero-order valence-electron chi connectivity index (χ0n) is 18.8. The van der Waals surface area contributed by atoms with E-state index in [1.807, 2.05) is 52.9 Å². The molecule has 0 aromatic carbocycles. The molecule has 0 bridgehead atoms. The first-order valence-electron chi connectivity index (χ1n) is 10.2. The van der Waals surface area contributed by atoms with Gasteiger partial charge in [-0.05, 0) is 79.7 Å². The number of rotatable bonds is 2. The van der Waals surface area contributed by atoms with Crippen LogP contribution >= 0.6 is 15.9 Å². The van der Waals surface area contributed by atoms with Gasteiger partial charge in [0.25, 0.3) is 0 Å². The smallest absolute Gasteiger partial charge is 0.419 e. The molecule has 8 heteroatoms. The van der Waals surface area contributed by atoms with E-state index < -0.39 is 11.7 Å². The number of pyridine rings is 2. The van der Waals surface area contributed by atoms with Crippen molar-refractivity contribution in [3.8, 4) is 11.3 Å². The second-order valence-corrected chi connectivity index (χ2v) is 9.87. The van der Waals surface area contributed by atoms with Crippen molar-refractivity contribution in [2.24, 2.45) is 0 Å². The van der Waals surface area contributed by atoms with Gasteiger partial charge < -0.3 is 4.74 Å². The monoisotopic (exact) mass is 483 g/mol. The molecule has 0 N–H and O–H groups in total. The molecule has 0 amide bonds. The zero-order valence-corrected chi connectivity index (χ0v) is 20.4. The quantitative estimate of drug-likeness (QED) is 0.325. The van der Waals surface area contributed by atoms with Crippen LogP contribution in [0.2, 0.25) is 0 Å². The van der Waals surface area contributed by atoms with E-state index in [1.165, 1.54) is 6.33 Å². The van der Waals surface area contributed by atoms with Crippen molar-refractivity contribution in [3.63, 3.8) is 0 Å². The van der Waals surface area contributed by atoms with Gasteiger partial charge in [0, 0.05) is 17.3 Å². The van der Waals surface area contributed by atoms with Crippen LogP contribution in [0.15, 0.2) is 29.3 Å². The highest BCUT2D eigenvalue weighted by Crippen LogP contribution is 2.40. The number of nitrogens with zero attached hydrogens (tertiary/aromatic N) is 5. The van der Waals surface area contributed by atoms with Crippen molar-refractivity contribution < 1.29 is 9.53 Å². The Balaban J connectivity index is 2.16. The summed E-state index contributed by atoms with van der Waals surface area (Å²) in [7, 11) is 0. The predicted molar refractivity (Wildman–Crippen MR) is 125 cm³/mol. The molecule has 0 unspecified atom stereocenters. The van der Waals surface area contributed by atoms with Crippen molar-refractivity contribution in [2.45, 2.75) is 60.0 Å². The molecule has 0 radical (unpaired) electrons. The summed E-state index contributed by atoms with van der Waals surface area (Å²) in [5.41, 5.74) is 6.38. The van der Waals surface area contributed by atoms with Crippen LogP contribution in [0.3, 0.4) is 0 Å². The number of ether oxygens (including phenoxy) is 1. The standard InChI is InChI=1S/C23H26BrN5O2/c1-12(2)18-19-16(8-9-17(24)27-19)29(22(30)31-23(5,6)7)20(18)15-10-28-21(25-11-26-28)14(4)13(15)3/h8-12H,1-7H3. The average Bonchev–Trinajstić information content (AvgIpc) is 3.25. The van der Waals surface area contributed by atoms with E-state index in [-0.39, 0.29) is 5.92 Å². The first kappa shape index (κ1) is 21.5. The van der Waals surface area contributed by atoms with Crippen LogP contribution in [0.25, 0.3) is 27.9 Å². The highest BCUT2D eigenvalue weighted by Gasteiger charge is 2.30. The minimum absolute atomic E-state index is 0.120. The third kappa shape index (κ3) is 3.63. The minimum Gasteiger partial charge on any atom is -0.443 e. The number of halogens is 1. The fourth-order valence-corrected chi connectivity index (χ4v) is 4.22. The zero-order chi connectivity index (χ0) is 22.7. The molecule has 162 valence electrons.